The maximum absolute atomic E-state index is 9.58. The van der Waals surface area contributed by atoms with Crippen LogP contribution in [0.5, 0.6) is 0 Å². The van der Waals surface area contributed by atoms with E-state index in [-0.39, 0.29) is 6.42 Å². The zero-order valence-electron chi connectivity index (χ0n) is 3.18. The third kappa shape index (κ3) is 4.00. The standard InChI is InChI=1S/C3H5O2.Cr/c1-2-3(4)5;/h1-2H2,(H,4,5);. The molecule has 0 aromatic rings. The van der Waals surface area contributed by atoms with Crippen LogP contribution in [0.2, 0.25) is 5.28 Å². The van der Waals surface area contributed by atoms with Crippen molar-refractivity contribution < 1.29 is 26.2 Å². The van der Waals surface area contributed by atoms with Crippen LogP contribution in [0.3, 0.4) is 0 Å². The van der Waals surface area contributed by atoms with Crippen molar-refractivity contribution in [2.24, 2.45) is 0 Å². The molecule has 0 aromatic heterocycles. The number of hydrogen-bond acceptors (Lipinski definition) is 1. The summed E-state index contributed by atoms with van der Waals surface area (Å²) in [7, 11) is 0. The summed E-state index contributed by atoms with van der Waals surface area (Å²) in [5.41, 5.74) is 0. The van der Waals surface area contributed by atoms with E-state index >= 15 is 0 Å². The van der Waals surface area contributed by atoms with E-state index in [0.29, 0.717) is 5.28 Å². The molecule has 0 fully saturated rings. The Balaban J connectivity index is 2.83. The Kier molecular flexibility index (Phi) is 3.20. The molecule has 2 nitrogen and oxygen atoms in total. The van der Waals surface area contributed by atoms with Gasteiger partial charge in [-0.2, -0.15) is 0 Å². The van der Waals surface area contributed by atoms with Gasteiger partial charge in [-0.3, -0.25) is 0 Å². The zero-order chi connectivity index (χ0) is 4.99. The van der Waals surface area contributed by atoms with E-state index < -0.39 is 5.97 Å². The second-order valence-electron chi connectivity index (χ2n) is 0.848. The van der Waals surface area contributed by atoms with Crippen LogP contribution in [0, 0.1) is 0 Å². The Labute approximate surface area is 44.6 Å². The number of rotatable bonds is 2. The third-order valence-corrected chi connectivity index (χ3v) is 0.635. The van der Waals surface area contributed by atoms with Crippen molar-refractivity contribution in [1.29, 1.82) is 0 Å². The van der Waals surface area contributed by atoms with Gasteiger partial charge in [-0.25, -0.2) is 0 Å². The van der Waals surface area contributed by atoms with Gasteiger partial charge in [-0.1, -0.05) is 0 Å². The summed E-state index contributed by atoms with van der Waals surface area (Å²) in [4.78, 5) is 9.58. The minimum absolute atomic E-state index is 0.236. The van der Waals surface area contributed by atoms with Gasteiger partial charge in [-0.15, -0.1) is 0 Å². The Morgan fingerprint density at radius 3 is 2.33 bits per heavy atom. The number of carboxylic acids is 1. The molecular formula is C3H5CrO2. The number of hydrogen-bond donors (Lipinski definition) is 1. The monoisotopic (exact) mass is 125 g/mol. The molecule has 0 unspecified atom stereocenters. The average Bonchev–Trinajstić information content (AvgIpc) is 1.35. The minimum atomic E-state index is -0.742. The van der Waals surface area contributed by atoms with Gasteiger partial charge >= 0.3 is 43.9 Å². The topological polar surface area (TPSA) is 37.3 Å². The summed E-state index contributed by atoms with van der Waals surface area (Å²) < 4.78 is 0. The maximum atomic E-state index is 9.58. The van der Waals surface area contributed by atoms with Crippen LogP contribution in [0.1, 0.15) is 6.42 Å². The Morgan fingerprint density at radius 1 is 1.83 bits per heavy atom. The molecule has 0 rings (SSSR count). The predicted octanol–water partition coefficient (Wildman–Crippen LogP) is 0.426. The second-order valence-corrected chi connectivity index (χ2v) is 1.49. The number of aliphatic carboxylic acids is 1. The van der Waals surface area contributed by atoms with Crippen molar-refractivity contribution >= 4 is 5.97 Å². The van der Waals surface area contributed by atoms with Gasteiger partial charge in [0.05, 0.1) is 0 Å². The molecule has 0 atom stereocenters. The van der Waals surface area contributed by atoms with Crippen molar-refractivity contribution in [3.05, 3.63) is 0 Å². The molecule has 6 heavy (non-hydrogen) atoms. The molecule has 0 aliphatic rings. The molecule has 0 saturated carbocycles. The summed E-state index contributed by atoms with van der Waals surface area (Å²) in [5, 5.41) is 8.50. The predicted molar refractivity (Wildman–Crippen MR) is 17.1 cm³/mol. The first kappa shape index (κ1) is 6.00. The molecule has 1 N–H and O–H groups in total. The van der Waals surface area contributed by atoms with Crippen molar-refractivity contribution in [1.82, 2.24) is 0 Å². The van der Waals surface area contributed by atoms with Crippen LogP contribution < -0.4 is 0 Å². The van der Waals surface area contributed by atoms with Crippen LogP contribution in [0.4, 0.5) is 0 Å². The molecular weight excluding hydrogens is 120 g/mol. The molecule has 0 aliphatic carbocycles. The number of carbonyl (C=O) groups is 1. The molecule has 35 valence electrons. The Hall–Kier alpha value is 0.00247. The van der Waals surface area contributed by atoms with E-state index in [0.717, 1.165) is 0 Å². The Bertz CT molecular complexity index is 52.8. The first-order valence-corrected chi connectivity index (χ1v) is 2.47. The van der Waals surface area contributed by atoms with Gasteiger partial charge in [0.15, 0.2) is 0 Å². The molecule has 0 aliphatic heterocycles. The quantitative estimate of drug-likeness (QED) is 0.580. The molecule has 0 bridgehead atoms. The summed E-state index contributed by atoms with van der Waals surface area (Å²) in [6.45, 7) is 0. The molecule has 0 aromatic carbocycles. The van der Waals surface area contributed by atoms with E-state index in [9.17, 15) is 4.79 Å². The summed E-state index contributed by atoms with van der Waals surface area (Å²) in [5.74, 6) is -0.742. The van der Waals surface area contributed by atoms with E-state index in [1.54, 1.807) is 0 Å². The van der Waals surface area contributed by atoms with Gasteiger partial charge in [-0.05, 0) is 0 Å². The molecule has 0 saturated heterocycles. The molecule has 0 amide bonds. The van der Waals surface area contributed by atoms with Crippen molar-refractivity contribution in [3.63, 3.8) is 0 Å². The fourth-order valence-electron chi connectivity index (χ4n) is 0.0873. The van der Waals surface area contributed by atoms with Crippen LogP contribution in [0.15, 0.2) is 0 Å². The van der Waals surface area contributed by atoms with Crippen LogP contribution in [-0.2, 0) is 21.1 Å². The van der Waals surface area contributed by atoms with E-state index in [2.05, 4.69) is 16.3 Å². The van der Waals surface area contributed by atoms with Crippen molar-refractivity contribution in [2.75, 3.05) is 0 Å². The molecule has 3 heteroatoms. The SMILES string of the molecule is O=C(O)C[CH2][Cr]. The van der Waals surface area contributed by atoms with Crippen LogP contribution in [-0.4, -0.2) is 11.1 Å². The molecule has 0 heterocycles. The summed E-state index contributed by atoms with van der Waals surface area (Å²) in [6.07, 6.45) is 0.236. The van der Waals surface area contributed by atoms with Crippen molar-refractivity contribution in [2.45, 2.75) is 11.7 Å². The first-order chi connectivity index (χ1) is 2.77. The summed E-state index contributed by atoms with van der Waals surface area (Å²) >= 11 is 2.59. The van der Waals surface area contributed by atoms with E-state index in [1.807, 2.05) is 0 Å². The second kappa shape index (κ2) is 3.20. The average molecular weight is 125 g/mol. The fraction of sp³-hybridized carbons (Fsp3) is 0.667. The zero-order valence-corrected chi connectivity index (χ0v) is 4.45. The van der Waals surface area contributed by atoms with Crippen LogP contribution >= 0.6 is 0 Å². The van der Waals surface area contributed by atoms with Gasteiger partial charge in [0.25, 0.3) is 0 Å². The van der Waals surface area contributed by atoms with Gasteiger partial charge in [0.2, 0.25) is 0 Å². The third-order valence-electron chi connectivity index (χ3n) is 0.316. The van der Waals surface area contributed by atoms with Crippen molar-refractivity contribution in [3.8, 4) is 0 Å². The van der Waals surface area contributed by atoms with E-state index in [4.69, 9.17) is 5.11 Å². The van der Waals surface area contributed by atoms with E-state index in [1.165, 1.54) is 0 Å². The van der Waals surface area contributed by atoms with Gasteiger partial charge in [0.1, 0.15) is 0 Å². The normalized spacial score (nSPS) is 8.00. The number of carboxylic acid groups (broad SMARTS) is 1. The molecule has 0 radical (unpaired) electrons. The van der Waals surface area contributed by atoms with Gasteiger partial charge < -0.3 is 0 Å². The molecule has 0 spiro atoms. The fourth-order valence-corrected chi connectivity index (χ4v) is 0.360. The van der Waals surface area contributed by atoms with Crippen LogP contribution in [0.25, 0.3) is 0 Å². The van der Waals surface area contributed by atoms with Gasteiger partial charge in [0, 0.05) is 0 Å². The Morgan fingerprint density at radius 2 is 2.33 bits per heavy atom. The summed E-state index contributed by atoms with van der Waals surface area (Å²) in [6, 6.07) is 0. The first-order valence-electron chi connectivity index (χ1n) is 1.57.